The fourth-order valence-electron chi connectivity index (χ4n) is 2.43. The average Bonchev–Trinajstić information content (AvgIpc) is 2.65. The van der Waals surface area contributed by atoms with Crippen LogP contribution in [0.5, 0.6) is 5.75 Å². The fraction of sp³-hybridized carbons (Fsp3) is 0.316. The lowest BCUT2D eigenvalue weighted by Crippen LogP contribution is -2.30. The number of ether oxygens (including phenoxy) is 1. The van der Waals surface area contributed by atoms with Crippen molar-refractivity contribution in [1.82, 2.24) is 4.90 Å². The molecular weight excluding hydrogens is 407 g/mol. The Bertz CT molecular complexity index is 946. The quantitative estimate of drug-likeness (QED) is 0.469. The molecule has 0 aliphatic heterocycles. The van der Waals surface area contributed by atoms with Crippen LogP contribution < -0.4 is 9.04 Å². The molecule has 0 saturated heterocycles. The van der Waals surface area contributed by atoms with Crippen molar-refractivity contribution in [2.75, 3.05) is 31.6 Å². The van der Waals surface area contributed by atoms with E-state index in [1.54, 1.807) is 56.3 Å². The van der Waals surface area contributed by atoms with Gasteiger partial charge in [0.1, 0.15) is 11.4 Å². The van der Waals surface area contributed by atoms with Crippen molar-refractivity contribution in [3.05, 3.63) is 48.5 Å². The maximum Gasteiger partial charge on any atom is 0.422 e. The Morgan fingerprint density at radius 3 is 2.31 bits per heavy atom. The van der Waals surface area contributed by atoms with Gasteiger partial charge in [-0.25, -0.2) is 13.4 Å². The number of para-hydroxylation sites is 1. The Morgan fingerprint density at radius 1 is 1.10 bits per heavy atom. The van der Waals surface area contributed by atoms with Crippen LogP contribution in [0.4, 0.5) is 24.5 Å². The largest absolute Gasteiger partial charge is 0.482 e. The van der Waals surface area contributed by atoms with E-state index < -0.39 is 22.8 Å². The molecule has 29 heavy (non-hydrogen) atoms. The minimum absolute atomic E-state index is 0.0202. The molecule has 0 amide bonds. The summed E-state index contributed by atoms with van der Waals surface area (Å²) in [5.41, 5.74) is 0.457. The van der Waals surface area contributed by atoms with Crippen molar-refractivity contribution in [3.8, 4) is 5.75 Å². The van der Waals surface area contributed by atoms with E-state index in [0.29, 0.717) is 5.69 Å². The van der Waals surface area contributed by atoms with Crippen molar-refractivity contribution in [3.63, 3.8) is 0 Å². The fourth-order valence-corrected chi connectivity index (χ4v) is 3.92. The molecule has 0 aliphatic carbocycles. The van der Waals surface area contributed by atoms with Crippen LogP contribution in [-0.4, -0.2) is 53.1 Å². The number of benzene rings is 2. The number of alkyl halides is 3. The highest BCUT2D eigenvalue weighted by atomic mass is 32.2. The Balaban J connectivity index is 2.47. The number of rotatable bonds is 8. The smallest absolute Gasteiger partial charge is 0.422 e. The molecule has 0 aromatic heterocycles. The standard InChI is InChI=1S/C19H22F3N3O3S/c1-4-25(15-8-6-5-7-9-15)29(26,27)16-10-11-18(28-13-19(20,21)22)17(12-16)23-14-24(2)3/h5-12,14H,4,13H2,1-3H3. The topological polar surface area (TPSA) is 62.2 Å². The zero-order valence-electron chi connectivity index (χ0n) is 16.2. The van der Waals surface area contributed by atoms with Gasteiger partial charge in [0, 0.05) is 20.6 Å². The first-order chi connectivity index (χ1) is 13.5. The van der Waals surface area contributed by atoms with E-state index in [4.69, 9.17) is 4.74 Å². The first-order valence-corrected chi connectivity index (χ1v) is 10.1. The van der Waals surface area contributed by atoms with Crippen molar-refractivity contribution in [2.24, 2.45) is 4.99 Å². The SMILES string of the molecule is CCN(c1ccccc1)S(=O)(=O)c1ccc(OCC(F)(F)F)c(N=CN(C)C)c1. The summed E-state index contributed by atoms with van der Waals surface area (Å²) in [5.74, 6) is -0.165. The van der Waals surface area contributed by atoms with Crippen LogP contribution in [0.1, 0.15) is 6.92 Å². The van der Waals surface area contributed by atoms with Gasteiger partial charge in [0.15, 0.2) is 6.61 Å². The van der Waals surface area contributed by atoms with E-state index in [1.807, 2.05) is 0 Å². The second kappa shape index (κ2) is 9.17. The maximum absolute atomic E-state index is 13.1. The minimum Gasteiger partial charge on any atom is -0.482 e. The van der Waals surface area contributed by atoms with Crippen LogP contribution >= 0.6 is 0 Å². The molecule has 6 nitrogen and oxygen atoms in total. The van der Waals surface area contributed by atoms with Crippen LogP contribution in [0.25, 0.3) is 0 Å². The van der Waals surface area contributed by atoms with Gasteiger partial charge < -0.3 is 9.64 Å². The van der Waals surface area contributed by atoms with E-state index >= 15 is 0 Å². The van der Waals surface area contributed by atoms with Gasteiger partial charge in [-0.05, 0) is 37.3 Å². The molecule has 2 aromatic carbocycles. The summed E-state index contributed by atoms with van der Waals surface area (Å²) in [6.45, 7) is 0.361. The molecule has 158 valence electrons. The third-order valence-electron chi connectivity index (χ3n) is 3.67. The minimum atomic E-state index is -4.53. The zero-order valence-corrected chi connectivity index (χ0v) is 17.0. The lowest BCUT2D eigenvalue weighted by molar-refractivity contribution is -0.153. The highest BCUT2D eigenvalue weighted by molar-refractivity contribution is 7.92. The number of anilines is 1. The van der Waals surface area contributed by atoms with Crippen molar-refractivity contribution >= 4 is 27.7 Å². The normalized spacial score (nSPS) is 12.2. The van der Waals surface area contributed by atoms with Gasteiger partial charge >= 0.3 is 6.18 Å². The highest BCUT2D eigenvalue weighted by Gasteiger charge is 2.29. The number of hydrogen-bond donors (Lipinski definition) is 0. The molecule has 0 radical (unpaired) electrons. The van der Waals surface area contributed by atoms with E-state index in [1.165, 1.54) is 28.8 Å². The Labute approximate surface area is 168 Å². The van der Waals surface area contributed by atoms with E-state index in [2.05, 4.69) is 4.99 Å². The molecule has 0 bridgehead atoms. The van der Waals surface area contributed by atoms with E-state index in [-0.39, 0.29) is 22.9 Å². The van der Waals surface area contributed by atoms with E-state index in [9.17, 15) is 21.6 Å². The second-order valence-electron chi connectivity index (χ2n) is 6.25. The predicted molar refractivity (Wildman–Crippen MR) is 106 cm³/mol. The van der Waals surface area contributed by atoms with Crippen molar-refractivity contribution in [2.45, 2.75) is 18.0 Å². The Morgan fingerprint density at radius 2 is 1.76 bits per heavy atom. The number of sulfonamides is 1. The molecule has 0 saturated carbocycles. The lowest BCUT2D eigenvalue weighted by atomic mass is 10.3. The molecule has 0 atom stereocenters. The maximum atomic E-state index is 13.1. The highest BCUT2D eigenvalue weighted by Crippen LogP contribution is 2.33. The molecular formula is C19H22F3N3O3S. The summed E-state index contributed by atoms with van der Waals surface area (Å²) in [4.78, 5) is 5.53. The zero-order chi connectivity index (χ0) is 21.7. The van der Waals surface area contributed by atoms with Crippen LogP contribution in [0.2, 0.25) is 0 Å². The molecule has 0 unspecified atom stereocenters. The first kappa shape index (κ1) is 22.5. The summed E-state index contributed by atoms with van der Waals surface area (Å²) in [7, 11) is -0.607. The third kappa shape index (κ3) is 6.11. The van der Waals surface area contributed by atoms with Gasteiger partial charge in [-0.1, -0.05) is 18.2 Å². The van der Waals surface area contributed by atoms with Crippen LogP contribution in [-0.2, 0) is 10.0 Å². The third-order valence-corrected chi connectivity index (χ3v) is 5.57. The molecule has 2 rings (SSSR count). The average molecular weight is 429 g/mol. The van der Waals surface area contributed by atoms with Gasteiger partial charge in [-0.15, -0.1) is 0 Å². The summed E-state index contributed by atoms with van der Waals surface area (Å²) in [6.07, 6.45) is -3.18. The van der Waals surface area contributed by atoms with Crippen molar-refractivity contribution in [1.29, 1.82) is 0 Å². The predicted octanol–water partition coefficient (Wildman–Crippen LogP) is 4.06. The lowest BCUT2D eigenvalue weighted by Gasteiger charge is -2.23. The molecule has 10 heteroatoms. The van der Waals surface area contributed by atoms with Gasteiger partial charge in [-0.3, -0.25) is 4.31 Å². The number of nitrogens with zero attached hydrogens (tertiary/aromatic N) is 3. The van der Waals surface area contributed by atoms with Gasteiger partial charge in [0.25, 0.3) is 10.0 Å². The number of halogens is 3. The Kier molecular flexibility index (Phi) is 7.12. The number of aliphatic imine (C=N–C) groups is 1. The van der Waals surface area contributed by atoms with Crippen LogP contribution in [0.15, 0.2) is 58.4 Å². The van der Waals surface area contributed by atoms with Gasteiger partial charge in [-0.2, -0.15) is 13.2 Å². The molecule has 0 N–H and O–H groups in total. The van der Waals surface area contributed by atoms with Crippen LogP contribution in [0.3, 0.4) is 0 Å². The molecule has 0 heterocycles. The molecule has 0 spiro atoms. The molecule has 0 aliphatic rings. The summed E-state index contributed by atoms with van der Waals surface area (Å²) in [6, 6.07) is 12.1. The van der Waals surface area contributed by atoms with Crippen molar-refractivity contribution < 1.29 is 26.3 Å². The summed E-state index contributed by atoms with van der Waals surface area (Å²) in [5, 5.41) is 0. The van der Waals surface area contributed by atoms with Crippen LogP contribution in [0, 0.1) is 0 Å². The first-order valence-electron chi connectivity index (χ1n) is 8.66. The summed E-state index contributed by atoms with van der Waals surface area (Å²) < 4.78 is 69.8. The summed E-state index contributed by atoms with van der Waals surface area (Å²) >= 11 is 0. The molecule has 0 fully saturated rings. The van der Waals surface area contributed by atoms with Gasteiger partial charge in [0.2, 0.25) is 0 Å². The van der Waals surface area contributed by atoms with E-state index in [0.717, 1.165) is 0 Å². The monoisotopic (exact) mass is 429 g/mol. The Hall–Kier alpha value is -2.75. The van der Waals surface area contributed by atoms with Gasteiger partial charge in [0.05, 0.1) is 16.9 Å². The number of hydrogen-bond acceptors (Lipinski definition) is 4. The molecule has 2 aromatic rings. The second-order valence-corrected chi connectivity index (χ2v) is 8.11.